The number of ether oxygens (including phenoxy) is 1. The molecule has 4 nitrogen and oxygen atoms in total. The molecule has 0 spiro atoms. The minimum atomic E-state index is -1.15. The van der Waals surface area contributed by atoms with Gasteiger partial charge in [-0.15, -0.1) is 0 Å². The molecule has 0 bridgehead atoms. The van der Waals surface area contributed by atoms with E-state index in [1.54, 1.807) is 13.0 Å². The second-order valence-corrected chi connectivity index (χ2v) is 4.90. The van der Waals surface area contributed by atoms with Crippen molar-refractivity contribution in [3.05, 3.63) is 35.9 Å². The van der Waals surface area contributed by atoms with Crippen LogP contribution in [0, 0.1) is 23.2 Å². The predicted octanol–water partition coefficient (Wildman–Crippen LogP) is 1.72. The van der Waals surface area contributed by atoms with E-state index in [0.29, 0.717) is 13.2 Å². The number of hydrogen-bond acceptors (Lipinski definition) is 4. The van der Waals surface area contributed by atoms with Crippen LogP contribution in [-0.2, 0) is 11.3 Å². The van der Waals surface area contributed by atoms with Crippen molar-refractivity contribution in [2.24, 2.45) is 11.8 Å². The first kappa shape index (κ1) is 15.6. The van der Waals surface area contributed by atoms with Gasteiger partial charge in [0.25, 0.3) is 0 Å². The van der Waals surface area contributed by atoms with Gasteiger partial charge in [-0.1, -0.05) is 44.2 Å². The molecule has 19 heavy (non-hydrogen) atoms. The first-order chi connectivity index (χ1) is 9.06. The SMILES string of the molecule is C[C@H]([C@H](O)[C@H](C)COCc1ccccc1)[C@H](O)C#N. The highest BCUT2D eigenvalue weighted by Crippen LogP contribution is 2.17. The van der Waals surface area contributed by atoms with Gasteiger partial charge in [-0.3, -0.25) is 0 Å². The molecule has 2 N–H and O–H groups in total. The summed E-state index contributed by atoms with van der Waals surface area (Å²) in [5.74, 6) is -0.623. The summed E-state index contributed by atoms with van der Waals surface area (Å²) in [5, 5.41) is 28.0. The van der Waals surface area contributed by atoms with Crippen LogP contribution >= 0.6 is 0 Å². The van der Waals surface area contributed by atoms with E-state index in [4.69, 9.17) is 10.00 Å². The van der Waals surface area contributed by atoms with Crippen LogP contribution in [-0.4, -0.2) is 29.0 Å². The Kier molecular flexibility index (Phi) is 6.51. The fourth-order valence-electron chi connectivity index (χ4n) is 1.86. The molecule has 4 atom stereocenters. The van der Waals surface area contributed by atoms with Crippen LogP contribution in [0.5, 0.6) is 0 Å². The van der Waals surface area contributed by atoms with Crippen molar-refractivity contribution in [2.75, 3.05) is 6.61 Å². The van der Waals surface area contributed by atoms with Crippen molar-refractivity contribution < 1.29 is 14.9 Å². The zero-order valence-electron chi connectivity index (χ0n) is 11.4. The van der Waals surface area contributed by atoms with Gasteiger partial charge in [-0.25, -0.2) is 0 Å². The normalized spacial score (nSPS) is 17.2. The summed E-state index contributed by atoms with van der Waals surface area (Å²) in [7, 11) is 0. The van der Waals surface area contributed by atoms with Crippen molar-refractivity contribution in [2.45, 2.75) is 32.7 Å². The highest BCUT2D eigenvalue weighted by molar-refractivity contribution is 5.13. The van der Waals surface area contributed by atoms with E-state index in [0.717, 1.165) is 5.56 Å². The Morgan fingerprint density at radius 2 is 1.84 bits per heavy atom. The topological polar surface area (TPSA) is 73.5 Å². The summed E-state index contributed by atoms with van der Waals surface area (Å²) in [4.78, 5) is 0. The molecule has 0 heterocycles. The van der Waals surface area contributed by atoms with E-state index >= 15 is 0 Å². The van der Waals surface area contributed by atoms with Gasteiger partial charge in [0.2, 0.25) is 0 Å². The molecule has 104 valence electrons. The number of benzene rings is 1. The molecule has 0 aromatic heterocycles. The van der Waals surface area contributed by atoms with Crippen LogP contribution in [0.2, 0.25) is 0 Å². The Hall–Kier alpha value is -1.41. The van der Waals surface area contributed by atoms with Gasteiger partial charge in [0.1, 0.15) is 6.10 Å². The molecule has 0 aliphatic heterocycles. The third-order valence-corrected chi connectivity index (χ3v) is 3.24. The number of aliphatic hydroxyl groups excluding tert-OH is 2. The zero-order chi connectivity index (χ0) is 14.3. The van der Waals surface area contributed by atoms with Gasteiger partial charge < -0.3 is 14.9 Å². The van der Waals surface area contributed by atoms with Crippen LogP contribution in [0.4, 0.5) is 0 Å². The van der Waals surface area contributed by atoms with Crippen LogP contribution in [0.15, 0.2) is 30.3 Å². The lowest BCUT2D eigenvalue weighted by Gasteiger charge is -2.25. The summed E-state index contributed by atoms with van der Waals surface area (Å²) < 4.78 is 5.54. The van der Waals surface area contributed by atoms with Crippen LogP contribution in [0.1, 0.15) is 19.4 Å². The summed E-state index contributed by atoms with van der Waals surface area (Å²) in [5.41, 5.74) is 1.08. The molecule has 1 rings (SSSR count). The number of aliphatic hydroxyl groups is 2. The van der Waals surface area contributed by atoms with Crippen molar-refractivity contribution in [1.29, 1.82) is 5.26 Å². The summed E-state index contributed by atoms with van der Waals surface area (Å²) in [6, 6.07) is 11.5. The van der Waals surface area contributed by atoms with E-state index in [-0.39, 0.29) is 5.92 Å². The molecule has 1 aromatic rings. The third kappa shape index (κ3) is 4.99. The lowest BCUT2D eigenvalue weighted by molar-refractivity contribution is -0.0215. The smallest absolute Gasteiger partial charge is 0.145 e. The van der Waals surface area contributed by atoms with Gasteiger partial charge in [-0.2, -0.15) is 5.26 Å². The molecule has 0 fully saturated rings. The van der Waals surface area contributed by atoms with Gasteiger partial charge in [0.05, 0.1) is 25.4 Å². The van der Waals surface area contributed by atoms with E-state index < -0.39 is 18.1 Å². The quantitative estimate of drug-likeness (QED) is 0.735. The Morgan fingerprint density at radius 3 is 2.42 bits per heavy atom. The van der Waals surface area contributed by atoms with E-state index in [1.165, 1.54) is 0 Å². The van der Waals surface area contributed by atoms with Crippen molar-refractivity contribution >= 4 is 0 Å². The molecule has 0 unspecified atom stereocenters. The number of rotatable bonds is 7. The van der Waals surface area contributed by atoms with Crippen molar-refractivity contribution in [3.8, 4) is 6.07 Å². The molecule has 0 amide bonds. The van der Waals surface area contributed by atoms with Crippen molar-refractivity contribution in [1.82, 2.24) is 0 Å². The van der Waals surface area contributed by atoms with Gasteiger partial charge in [0, 0.05) is 11.8 Å². The van der Waals surface area contributed by atoms with E-state index in [9.17, 15) is 10.2 Å². The Morgan fingerprint density at radius 1 is 1.21 bits per heavy atom. The average Bonchev–Trinajstić information content (AvgIpc) is 2.45. The monoisotopic (exact) mass is 263 g/mol. The maximum Gasteiger partial charge on any atom is 0.145 e. The van der Waals surface area contributed by atoms with E-state index in [1.807, 2.05) is 37.3 Å². The summed E-state index contributed by atoms with van der Waals surface area (Å²) in [6.07, 6.45) is -1.91. The molecular weight excluding hydrogens is 242 g/mol. The maximum atomic E-state index is 9.99. The van der Waals surface area contributed by atoms with Gasteiger partial charge in [-0.05, 0) is 5.56 Å². The highest BCUT2D eigenvalue weighted by Gasteiger charge is 2.26. The maximum absolute atomic E-state index is 9.99. The molecule has 1 aromatic carbocycles. The molecule has 0 radical (unpaired) electrons. The largest absolute Gasteiger partial charge is 0.392 e. The van der Waals surface area contributed by atoms with Crippen LogP contribution in [0.3, 0.4) is 0 Å². The Bertz CT molecular complexity index is 402. The Labute approximate surface area is 114 Å². The molecule has 0 aliphatic carbocycles. The molecular formula is C15H21NO3. The fourth-order valence-corrected chi connectivity index (χ4v) is 1.86. The minimum absolute atomic E-state index is 0.137. The Balaban J connectivity index is 2.35. The second kappa shape index (κ2) is 7.90. The lowest BCUT2D eigenvalue weighted by Crippen LogP contribution is -2.35. The molecule has 4 heteroatoms. The van der Waals surface area contributed by atoms with Crippen molar-refractivity contribution in [3.63, 3.8) is 0 Å². The number of nitrogens with zero attached hydrogens (tertiary/aromatic N) is 1. The summed E-state index contributed by atoms with van der Waals surface area (Å²) in [6.45, 7) is 4.38. The molecule has 0 aliphatic rings. The predicted molar refractivity (Wildman–Crippen MR) is 72.1 cm³/mol. The highest BCUT2D eigenvalue weighted by atomic mass is 16.5. The number of hydrogen-bond donors (Lipinski definition) is 2. The first-order valence-corrected chi connectivity index (χ1v) is 6.43. The molecule has 0 saturated heterocycles. The van der Waals surface area contributed by atoms with Crippen LogP contribution < -0.4 is 0 Å². The fraction of sp³-hybridized carbons (Fsp3) is 0.533. The summed E-state index contributed by atoms with van der Waals surface area (Å²) >= 11 is 0. The van der Waals surface area contributed by atoms with Gasteiger partial charge >= 0.3 is 0 Å². The average molecular weight is 263 g/mol. The molecule has 0 saturated carbocycles. The zero-order valence-corrected chi connectivity index (χ0v) is 11.4. The number of nitriles is 1. The minimum Gasteiger partial charge on any atom is -0.392 e. The van der Waals surface area contributed by atoms with Gasteiger partial charge in [0.15, 0.2) is 0 Å². The van der Waals surface area contributed by atoms with E-state index in [2.05, 4.69) is 0 Å². The van der Waals surface area contributed by atoms with Crippen LogP contribution in [0.25, 0.3) is 0 Å². The first-order valence-electron chi connectivity index (χ1n) is 6.43. The lowest BCUT2D eigenvalue weighted by atomic mass is 9.90. The standard InChI is InChI=1S/C15H21NO3/c1-11(15(18)12(2)14(17)8-16)9-19-10-13-6-4-3-5-7-13/h3-7,11-12,14-15,17-18H,9-10H2,1-2H3/t11-,12+,14-,15-/m1/s1. The third-order valence-electron chi connectivity index (χ3n) is 3.24. The second-order valence-electron chi connectivity index (χ2n) is 4.90.